The number of fused-ring (bicyclic) bond motifs is 1. The van der Waals surface area contributed by atoms with Gasteiger partial charge in [-0.1, -0.05) is 0 Å². The Kier molecular flexibility index (Phi) is 2.53. The van der Waals surface area contributed by atoms with E-state index in [4.69, 9.17) is 4.74 Å². The van der Waals surface area contributed by atoms with Crippen molar-refractivity contribution in [3.8, 4) is 0 Å². The standard InChI is InChI=1S/C11H11F2N3O/c12-6-3-7(13)10-8(4-6)15-11(16-10)9-5-17-2-1-14-9/h3-4,9,14H,1-2,5H2,(H,15,16). The molecule has 0 bridgehead atoms. The number of halogens is 2. The Hall–Kier alpha value is -1.53. The van der Waals surface area contributed by atoms with Gasteiger partial charge in [0.05, 0.1) is 24.8 Å². The van der Waals surface area contributed by atoms with Crippen LogP contribution in [0.1, 0.15) is 11.9 Å². The van der Waals surface area contributed by atoms with Crippen LogP contribution < -0.4 is 5.32 Å². The number of aromatic amines is 1. The fourth-order valence-corrected chi connectivity index (χ4v) is 1.97. The van der Waals surface area contributed by atoms with Gasteiger partial charge in [0.2, 0.25) is 0 Å². The third-order valence-electron chi connectivity index (χ3n) is 2.77. The van der Waals surface area contributed by atoms with Crippen LogP contribution in [0.5, 0.6) is 0 Å². The zero-order valence-corrected chi connectivity index (χ0v) is 8.96. The maximum Gasteiger partial charge on any atom is 0.153 e. The van der Waals surface area contributed by atoms with E-state index in [0.29, 0.717) is 24.6 Å². The summed E-state index contributed by atoms with van der Waals surface area (Å²) in [7, 11) is 0. The number of benzene rings is 1. The molecule has 1 unspecified atom stereocenters. The summed E-state index contributed by atoms with van der Waals surface area (Å²) in [4.78, 5) is 7.05. The van der Waals surface area contributed by atoms with Crippen molar-refractivity contribution in [1.29, 1.82) is 0 Å². The Morgan fingerprint density at radius 2 is 2.24 bits per heavy atom. The first kappa shape index (κ1) is 10.6. The second kappa shape index (κ2) is 4.05. The number of rotatable bonds is 1. The molecule has 1 aliphatic heterocycles. The van der Waals surface area contributed by atoms with Gasteiger partial charge in [0.25, 0.3) is 0 Å². The number of morpholine rings is 1. The van der Waals surface area contributed by atoms with Crippen LogP contribution >= 0.6 is 0 Å². The summed E-state index contributed by atoms with van der Waals surface area (Å²) in [6, 6.07) is 1.97. The maximum atomic E-state index is 13.5. The van der Waals surface area contributed by atoms with Gasteiger partial charge in [0.1, 0.15) is 17.2 Å². The number of imidazole rings is 1. The van der Waals surface area contributed by atoms with Crippen LogP contribution in [0.2, 0.25) is 0 Å². The van der Waals surface area contributed by atoms with Crippen LogP contribution in [-0.2, 0) is 4.74 Å². The van der Waals surface area contributed by atoms with Gasteiger partial charge in [-0.2, -0.15) is 0 Å². The minimum absolute atomic E-state index is 0.0985. The minimum Gasteiger partial charge on any atom is -0.378 e. The lowest BCUT2D eigenvalue weighted by atomic mass is 10.2. The monoisotopic (exact) mass is 239 g/mol. The Labute approximate surface area is 96.0 Å². The fraction of sp³-hybridized carbons (Fsp3) is 0.364. The largest absolute Gasteiger partial charge is 0.378 e. The van der Waals surface area contributed by atoms with Crippen LogP contribution in [0, 0.1) is 11.6 Å². The van der Waals surface area contributed by atoms with Gasteiger partial charge in [-0.25, -0.2) is 13.8 Å². The number of nitrogens with one attached hydrogen (secondary N) is 2. The summed E-state index contributed by atoms with van der Waals surface area (Å²) in [6.45, 7) is 1.85. The van der Waals surface area contributed by atoms with Gasteiger partial charge < -0.3 is 15.0 Å². The van der Waals surface area contributed by atoms with E-state index in [0.717, 1.165) is 12.6 Å². The van der Waals surface area contributed by atoms with Gasteiger partial charge in [-0.3, -0.25) is 0 Å². The molecule has 0 amide bonds. The molecule has 3 rings (SSSR count). The van der Waals surface area contributed by atoms with Crippen molar-refractivity contribution in [1.82, 2.24) is 15.3 Å². The number of H-pyrrole nitrogens is 1. The van der Waals surface area contributed by atoms with Gasteiger partial charge in [0.15, 0.2) is 5.82 Å². The van der Waals surface area contributed by atoms with Crippen molar-refractivity contribution in [2.24, 2.45) is 0 Å². The maximum absolute atomic E-state index is 13.5. The molecule has 0 saturated carbocycles. The third kappa shape index (κ3) is 1.89. The van der Waals surface area contributed by atoms with E-state index >= 15 is 0 Å². The lowest BCUT2D eigenvalue weighted by Gasteiger charge is -2.21. The highest BCUT2D eigenvalue weighted by atomic mass is 19.1. The second-order valence-electron chi connectivity index (χ2n) is 3.99. The summed E-state index contributed by atoms with van der Waals surface area (Å²) in [5.74, 6) is -0.693. The van der Waals surface area contributed by atoms with Crippen molar-refractivity contribution in [2.75, 3.05) is 19.8 Å². The SMILES string of the molecule is Fc1cc(F)c2nc(C3COCCN3)[nH]c2c1. The molecule has 4 nitrogen and oxygen atoms in total. The first-order valence-electron chi connectivity index (χ1n) is 5.40. The van der Waals surface area contributed by atoms with E-state index in [-0.39, 0.29) is 11.6 Å². The number of ether oxygens (including phenoxy) is 1. The quantitative estimate of drug-likeness (QED) is 0.793. The summed E-state index contributed by atoms with van der Waals surface area (Å²) < 4.78 is 31.8. The van der Waals surface area contributed by atoms with Crippen LogP contribution in [0.4, 0.5) is 8.78 Å². The molecule has 0 spiro atoms. The minimum atomic E-state index is -0.653. The van der Waals surface area contributed by atoms with Crippen molar-refractivity contribution in [3.63, 3.8) is 0 Å². The molecule has 1 saturated heterocycles. The summed E-state index contributed by atoms with van der Waals surface area (Å²) in [6.07, 6.45) is 0. The van der Waals surface area contributed by atoms with Gasteiger partial charge >= 0.3 is 0 Å². The van der Waals surface area contributed by atoms with Gasteiger partial charge in [-0.15, -0.1) is 0 Å². The highest BCUT2D eigenvalue weighted by molar-refractivity contribution is 5.75. The van der Waals surface area contributed by atoms with Crippen LogP contribution in [-0.4, -0.2) is 29.7 Å². The molecule has 90 valence electrons. The highest BCUT2D eigenvalue weighted by Crippen LogP contribution is 2.21. The molecule has 1 atom stereocenters. The zero-order valence-electron chi connectivity index (χ0n) is 8.96. The summed E-state index contributed by atoms with van der Waals surface area (Å²) in [5, 5.41) is 3.20. The Morgan fingerprint density at radius 1 is 1.35 bits per heavy atom. The molecule has 0 aliphatic carbocycles. The zero-order chi connectivity index (χ0) is 11.8. The molecule has 2 heterocycles. The summed E-state index contributed by atoms with van der Waals surface area (Å²) in [5.41, 5.74) is 0.527. The van der Waals surface area contributed by atoms with Crippen molar-refractivity contribution in [2.45, 2.75) is 6.04 Å². The Morgan fingerprint density at radius 3 is 3.00 bits per heavy atom. The molecule has 17 heavy (non-hydrogen) atoms. The normalized spacial score (nSPS) is 20.9. The number of hydrogen-bond acceptors (Lipinski definition) is 3. The Bertz CT molecular complexity index is 549. The fourth-order valence-electron chi connectivity index (χ4n) is 1.97. The number of hydrogen-bond donors (Lipinski definition) is 2. The van der Waals surface area contributed by atoms with Crippen LogP contribution in [0.25, 0.3) is 11.0 Å². The van der Waals surface area contributed by atoms with Crippen LogP contribution in [0.15, 0.2) is 12.1 Å². The molecule has 1 aromatic carbocycles. The predicted octanol–water partition coefficient (Wildman–Crippen LogP) is 1.50. The first-order valence-corrected chi connectivity index (χ1v) is 5.40. The number of aromatic nitrogens is 2. The van der Waals surface area contributed by atoms with Crippen molar-refractivity contribution < 1.29 is 13.5 Å². The molecule has 1 fully saturated rings. The summed E-state index contributed by atoms with van der Waals surface area (Å²) >= 11 is 0. The third-order valence-corrected chi connectivity index (χ3v) is 2.77. The Balaban J connectivity index is 2.03. The topological polar surface area (TPSA) is 49.9 Å². The van der Waals surface area contributed by atoms with Crippen LogP contribution in [0.3, 0.4) is 0 Å². The molecular formula is C11H11F2N3O. The molecule has 6 heteroatoms. The lowest BCUT2D eigenvalue weighted by molar-refractivity contribution is 0.0746. The molecule has 1 aromatic heterocycles. The van der Waals surface area contributed by atoms with E-state index in [1.807, 2.05) is 0 Å². The smallest absolute Gasteiger partial charge is 0.153 e. The van der Waals surface area contributed by atoms with Crippen molar-refractivity contribution >= 4 is 11.0 Å². The second-order valence-corrected chi connectivity index (χ2v) is 3.99. The molecule has 0 radical (unpaired) electrons. The molecule has 1 aliphatic rings. The van der Waals surface area contributed by atoms with E-state index in [9.17, 15) is 8.78 Å². The van der Waals surface area contributed by atoms with E-state index in [1.165, 1.54) is 6.07 Å². The molecule has 2 N–H and O–H groups in total. The first-order chi connectivity index (χ1) is 8.24. The molecule has 2 aromatic rings. The van der Waals surface area contributed by atoms with E-state index in [2.05, 4.69) is 15.3 Å². The lowest BCUT2D eigenvalue weighted by Crippen LogP contribution is -2.35. The van der Waals surface area contributed by atoms with E-state index in [1.54, 1.807) is 0 Å². The average Bonchev–Trinajstić information content (AvgIpc) is 2.74. The molecular weight excluding hydrogens is 228 g/mol. The predicted molar refractivity (Wildman–Crippen MR) is 57.6 cm³/mol. The number of nitrogens with zero attached hydrogens (tertiary/aromatic N) is 1. The van der Waals surface area contributed by atoms with Gasteiger partial charge in [-0.05, 0) is 6.07 Å². The van der Waals surface area contributed by atoms with Crippen molar-refractivity contribution in [3.05, 3.63) is 29.6 Å². The van der Waals surface area contributed by atoms with Gasteiger partial charge in [0, 0.05) is 12.6 Å². The average molecular weight is 239 g/mol. The highest BCUT2D eigenvalue weighted by Gasteiger charge is 2.20. The van der Waals surface area contributed by atoms with E-state index < -0.39 is 11.6 Å².